The first-order valence-corrected chi connectivity index (χ1v) is 8.82. The zero-order valence-electron chi connectivity index (χ0n) is 12.1. The van der Waals surface area contributed by atoms with Gasteiger partial charge < -0.3 is 14.8 Å². The zero-order valence-corrected chi connectivity index (χ0v) is 12.9. The normalized spacial score (nSPS) is 11.3. The highest BCUT2D eigenvalue weighted by Gasteiger charge is 2.04. The van der Waals surface area contributed by atoms with Gasteiger partial charge in [-0.15, -0.1) is 0 Å². The van der Waals surface area contributed by atoms with Crippen molar-refractivity contribution in [1.82, 2.24) is 5.32 Å². The molecule has 0 radical (unpaired) electrons. The molecule has 0 amide bonds. The van der Waals surface area contributed by atoms with E-state index in [2.05, 4.69) is 12.2 Å². The van der Waals surface area contributed by atoms with Gasteiger partial charge in [-0.3, -0.25) is 0 Å². The maximum Gasteiger partial charge on any atom is 0.161 e. The van der Waals surface area contributed by atoms with Crippen molar-refractivity contribution in [2.24, 2.45) is 0 Å². The molecule has 0 saturated heterocycles. The first-order chi connectivity index (χ1) is 9.53. The SMILES string of the molecule is CCCOc1ccccc1OCCNCCS(C)(=O)=O. The number of hydrogen-bond acceptors (Lipinski definition) is 5. The highest BCUT2D eigenvalue weighted by atomic mass is 32.2. The molecule has 1 rings (SSSR count). The van der Waals surface area contributed by atoms with E-state index in [1.165, 1.54) is 6.26 Å². The zero-order chi connectivity index (χ0) is 14.8. The molecule has 1 aromatic rings. The van der Waals surface area contributed by atoms with E-state index in [4.69, 9.17) is 9.47 Å². The third-order valence-corrected chi connectivity index (χ3v) is 3.44. The second-order valence-corrected chi connectivity index (χ2v) is 6.78. The van der Waals surface area contributed by atoms with Crippen LogP contribution in [-0.4, -0.2) is 46.7 Å². The second-order valence-electron chi connectivity index (χ2n) is 4.52. The van der Waals surface area contributed by atoms with Crippen molar-refractivity contribution in [3.05, 3.63) is 24.3 Å². The smallest absolute Gasteiger partial charge is 0.161 e. The quantitative estimate of drug-likeness (QED) is 0.663. The molecule has 0 aliphatic heterocycles. The van der Waals surface area contributed by atoms with Crippen molar-refractivity contribution in [3.63, 3.8) is 0 Å². The summed E-state index contributed by atoms with van der Waals surface area (Å²) in [5, 5.41) is 3.03. The molecule has 0 aliphatic rings. The molecule has 0 bridgehead atoms. The molecular formula is C14H23NO4S. The Hall–Kier alpha value is -1.27. The molecule has 0 aliphatic carbocycles. The van der Waals surface area contributed by atoms with Crippen LogP contribution in [0.4, 0.5) is 0 Å². The number of sulfone groups is 1. The van der Waals surface area contributed by atoms with E-state index in [-0.39, 0.29) is 5.75 Å². The van der Waals surface area contributed by atoms with E-state index in [0.29, 0.717) is 32.1 Å². The summed E-state index contributed by atoms with van der Waals surface area (Å²) in [5.74, 6) is 1.60. The van der Waals surface area contributed by atoms with Crippen LogP contribution >= 0.6 is 0 Å². The lowest BCUT2D eigenvalue weighted by Gasteiger charge is -2.12. The Morgan fingerprint density at radius 1 is 1.05 bits per heavy atom. The fourth-order valence-corrected chi connectivity index (χ4v) is 2.03. The molecule has 1 aromatic carbocycles. The Kier molecular flexibility index (Phi) is 7.40. The lowest BCUT2D eigenvalue weighted by atomic mass is 10.3. The average Bonchev–Trinajstić information content (AvgIpc) is 2.40. The summed E-state index contributed by atoms with van der Waals surface area (Å²) in [6.07, 6.45) is 2.17. The number of para-hydroxylation sites is 2. The van der Waals surface area contributed by atoms with Gasteiger partial charge in [-0.25, -0.2) is 8.42 Å². The minimum absolute atomic E-state index is 0.142. The Morgan fingerprint density at radius 3 is 2.20 bits per heavy atom. The van der Waals surface area contributed by atoms with Gasteiger partial charge in [0.25, 0.3) is 0 Å². The lowest BCUT2D eigenvalue weighted by molar-refractivity contribution is 0.268. The van der Waals surface area contributed by atoms with Crippen LogP contribution in [0.3, 0.4) is 0 Å². The topological polar surface area (TPSA) is 64.6 Å². The van der Waals surface area contributed by atoms with Crippen LogP contribution in [0, 0.1) is 0 Å². The maximum absolute atomic E-state index is 10.9. The molecule has 1 N–H and O–H groups in total. The van der Waals surface area contributed by atoms with Gasteiger partial charge in [0.2, 0.25) is 0 Å². The first-order valence-electron chi connectivity index (χ1n) is 6.76. The molecule has 5 nitrogen and oxygen atoms in total. The molecule has 0 unspecified atom stereocenters. The van der Waals surface area contributed by atoms with Gasteiger partial charge in [0.15, 0.2) is 11.5 Å². The van der Waals surface area contributed by atoms with E-state index < -0.39 is 9.84 Å². The van der Waals surface area contributed by atoms with Gasteiger partial charge in [-0.2, -0.15) is 0 Å². The maximum atomic E-state index is 10.9. The van der Waals surface area contributed by atoms with Gasteiger partial charge in [0, 0.05) is 19.3 Å². The fourth-order valence-electron chi connectivity index (χ4n) is 1.52. The monoisotopic (exact) mass is 301 g/mol. The molecule has 20 heavy (non-hydrogen) atoms. The standard InChI is InChI=1S/C14H23NO4S/c1-3-10-18-13-6-4-5-7-14(13)19-11-8-15-9-12-20(2,16)17/h4-7,15H,3,8-12H2,1-2H3. The lowest BCUT2D eigenvalue weighted by Crippen LogP contribution is -2.26. The Labute approximate surface area is 121 Å². The van der Waals surface area contributed by atoms with Crippen LogP contribution in [0.15, 0.2) is 24.3 Å². The van der Waals surface area contributed by atoms with E-state index in [0.717, 1.165) is 12.2 Å². The fraction of sp³-hybridized carbons (Fsp3) is 0.571. The molecule has 0 saturated carbocycles. The average molecular weight is 301 g/mol. The van der Waals surface area contributed by atoms with Crippen LogP contribution in [0.2, 0.25) is 0 Å². The van der Waals surface area contributed by atoms with Crippen LogP contribution in [0.5, 0.6) is 11.5 Å². The predicted molar refractivity (Wildman–Crippen MR) is 80.3 cm³/mol. The Balaban J connectivity index is 2.28. The van der Waals surface area contributed by atoms with Crippen LogP contribution in [0.25, 0.3) is 0 Å². The highest BCUT2D eigenvalue weighted by molar-refractivity contribution is 7.90. The van der Waals surface area contributed by atoms with Crippen molar-refractivity contribution in [1.29, 1.82) is 0 Å². The Morgan fingerprint density at radius 2 is 1.65 bits per heavy atom. The summed E-state index contributed by atoms with van der Waals surface area (Å²) in [4.78, 5) is 0. The third-order valence-electron chi connectivity index (χ3n) is 2.50. The van der Waals surface area contributed by atoms with Crippen LogP contribution in [-0.2, 0) is 9.84 Å². The Bertz CT molecular complexity index is 488. The van der Waals surface area contributed by atoms with E-state index in [1.54, 1.807) is 0 Å². The van der Waals surface area contributed by atoms with Gasteiger partial charge in [-0.1, -0.05) is 19.1 Å². The molecule has 0 atom stereocenters. The van der Waals surface area contributed by atoms with Crippen LogP contribution < -0.4 is 14.8 Å². The van der Waals surface area contributed by atoms with Gasteiger partial charge >= 0.3 is 0 Å². The van der Waals surface area contributed by atoms with Crippen LogP contribution in [0.1, 0.15) is 13.3 Å². The summed E-state index contributed by atoms with van der Waals surface area (Å²) in [5.41, 5.74) is 0. The number of hydrogen-bond donors (Lipinski definition) is 1. The van der Waals surface area contributed by atoms with Gasteiger partial charge in [-0.05, 0) is 18.6 Å². The van der Waals surface area contributed by atoms with E-state index >= 15 is 0 Å². The summed E-state index contributed by atoms with van der Waals surface area (Å²) in [7, 11) is -2.90. The molecule has 0 fully saturated rings. The summed E-state index contributed by atoms with van der Waals surface area (Å²) < 4.78 is 33.1. The molecule has 114 valence electrons. The van der Waals surface area contributed by atoms with Crippen molar-refractivity contribution in [2.45, 2.75) is 13.3 Å². The molecule has 0 aromatic heterocycles. The molecular weight excluding hydrogens is 278 g/mol. The summed E-state index contributed by atoms with van der Waals surface area (Å²) in [6, 6.07) is 7.54. The number of nitrogens with one attached hydrogen (secondary N) is 1. The first kappa shape index (κ1) is 16.8. The second kappa shape index (κ2) is 8.81. The largest absolute Gasteiger partial charge is 0.490 e. The van der Waals surface area contributed by atoms with Crippen molar-refractivity contribution < 1.29 is 17.9 Å². The van der Waals surface area contributed by atoms with Crippen molar-refractivity contribution in [2.75, 3.05) is 38.3 Å². The van der Waals surface area contributed by atoms with Crippen molar-refractivity contribution >= 4 is 9.84 Å². The molecule has 0 heterocycles. The molecule has 0 spiro atoms. The summed E-state index contributed by atoms with van der Waals surface area (Å²) in [6.45, 7) is 4.21. The number of benzene rings is 1. The minimum Gasteiger partial charge on any atom is -0.490 e. The van der Waals surface area contributed by atoms with Gasteiger partial charge in [0.05, 0.1) is 12.4 Å². The summed E-state index contributed by atoms with van der Waals surface area (Å²) >= 11 is 0. The van der Waals surface area contributed by atoms with E-state index in [9.17, 15) is 8.42 Å². The highest BCUT2D eigenvalue weighted by Crippen LogP contribution is 2.26. The van der Waals surface area contributed by atoms with Gasteiger partial charge in [0.1, 0.15) is 16.4 Å². The van der Waals surface area contributed by atoms with E-state index in [1.807, 2.05) is 24.3 Å². The number of rotatable bonds is 10. The number of ether oxygens (including phenoxy) is 2. The minimum atomic E-state index is -2.90. The predicted octanol–water partition coefficient (Wildman–Crippen LogP) is 1.49. The third kappa shape index (κ3) is 7.35. The molecule has 6 heteroatoms. The van der Waals surface area contributed by atoms with Crippen molar-refractivity contribution in [3.8, 4) is 11.5 Å².